The minimum absolute atomic E-state index is 0.0341. The van der Waals surface area contributed by atoms with E-state index in [-0.39, 0.29) is 17.5 Å². The SMILES string of the molecule is Cc1ccc(-c2csc(NC(=O)c3ccc(CN4CCCC4=O)cc3)n2)cc1[N+](=O)[O-]. The molecule has 3 aromatic rings. The van der Waals surface area contributed by atoms with Crippen LogP contribution in [0.4, 0.5) is 10.8 Å². The molecule has 9 heteroatoms. The second-order valence-electron chi connectivity index (χ2n) is 7.37. The van der Waals surface area contributed by atoms with Crippen molar-refractivity contribution in [3.63, 3.8) is 0 Å². The number of rotatable bonds is 6. The van der Waals surface area contributed by atoms with Crippen molar-refractivity contribution < 1.29 is 14.5 Å². The smallest absolute Gasteiger partial charge is 0.272 e. The summed E-state index contributed by atoms with van der Waals surface area (Å²) in [5, 5.41) is 16.1. The molecule has 0 spiro atoms. The van der Waals surface area contributed by atoms with Gasteiger partial charge in [0.15, 0.2) is 5.13 Å². The number of hydrogen-bond donors (Lipinski definition) is 1. The zero-order valence-corrected chi connectivity index (χ0v) is 17.6. The van der Waals surface area contributed by atoms with Crippen molar-refractivity contribution in [1.29, 1.82) is 0 Å². The Hall–Kier alpha value is -3.59. The number of nitrogens with one attached hydrogen (secondary N) is 1. The highest BCUT2D eigenvalue weighted by Gasteiger charge is 2.20. The van der Waals surface area contributed by atoms with Gasteiger partial charge in [-0.25, -0.2) is 4.98 Å². The Kier molecular flexibility index (Phi) is 5.77. The van der Waals surface area contributed by atoms with E-state index in [4.69, 9.17) is 0 Å². The number of nitro groups is 1. The second kappa shape index (κ2) is 8.65. The van der Waals surface area contributed by atoms with Gasteiger partial charge in [0.25, 0.3) is 11.6 Å². The molecule has 31 heavy (non-hydrogen) atoms. The summed E-state index contributed by atoms with van der Waals surface area (Å²) in [4.78, 5) is 41.3. The number of amides is 2. The van der Waals surface area contributed by atoms with Crippen LogP contribution in [0.2, 0.25) is 0 Å². The lowest BCUT2D eigenvalue weighted by Gasteiger charge is -2.15. The Morgan fingerprint density at radius 2 is 2.03 bits per heavy atom. The molecule has 0 saturated carbocycles. The molecular weight excluding hydrogens is 416 g/mol. The average molecular weight is 436 g/mol. The summed E-state index contributed by atoms with van der Waals surface area (Å²) in [6.07, 6.45) is 1.50. The topological polar surface area (TPSA) is 105 Å². The number of aryl methyl sites for hydroxylation is 1. The van der Waals surface area contributed by atoms with Crippen molar-refractivity contribution in [1.82, 2.24) is 9.88 Å². The number of likely N-dealkylation sites (tertiary alicyclic amines) is 1. The van der Waals surface area contributed by atoms with Crippen LogP contribution in [0.3, 0.4) is 0 Å². The van der Waals surface area contributed by atoms with Crippen LogP contribution in [0.1, 0.15) is 34.3 Å². The molecule has 1 saturated heterocycles. The van der Waals surface area contributed by atoms with Crippen LogP contribution in [-0.2, 0) is 11.3 Å². The predicted octanol–water partition coefficient (Wildman–Crippen LogP) is 4.40. The summed E-state index contributed by atoms with van der Waals surface area (Å²) >= 11 is 1.25. The Balaban J connectivity index is 1.42. The van der Waals surface area contributed by atoms with E-state index >= 15 is 0 Å². The molecule has 1 N–H and O–H groups in total. The molecule has 4 rings (SSSR count). The van der Waals surface area contributed by atoms with E-state index in [1.807, 2.05) is 17.0 Å². The van der Waals surface area contributed by atoms with Crippen LogP contribution in [0.5, 0.6) is 0 Å². The molecule has 158 valence electrons. The van der Waals surface area contributed by atoms with Crippen LogP contribution in [0.25, 0.3) is 11.3 Å². The Morgan fingerprint density at radius 1 is 1.26 bits per heavy atom. The van der Waals surface area contributed by atoms with Crippen molar-refractivity contribution in [3.8, 4) is 11.3 Å². The summed E-state index contributed by atoms with van der Waals surface area (Å²) < 4.78 is 0. The lowest BCUT2D eigenvalue weighted by molar-refractivity contribution is -0.385. The largest absolute Gasteiger partial charge is 0.338 e. The molecule has 2 aromatic carbocycles. The summed E-state index contributed by atoms with van der Waals surface area (Å²) in [7, 11) is 0. The van der Waals surface area contributed by atoms with Crippen LogP contribution < -0.4 is 5.32 Å². The molecule has 1 fully saturated rings. The second-order valence-corrected chi connectivity index (χ2v) is 8.22. The number of nitro benzene ring substituents is 1. The normalized spacial score (nSPS) is 13.5. The van der Waals surface area contributed by atoms with Crippen molar-refractivity contribution in [2.45, 2.75) is 26.3 Å². The molecule has 8 nitrogen and oxygen atoms in total. The van der Waals surface area contributed by atoms with E-state index in [1.54, 1.807) is 36.6 Å². The first-order chi connectivity index (χ1) is 14.9. The van der Waals surface area contributed by atoms with Gasteiger partial charge in [-0.15, -0.1) is 11.3 Å². The number of nitrogens with zero attached hydrogens (tertiary/aromatic N) is 3. The van der Waals surface area contributed by atoms with Gasteiger partial charge in [-0.2, -0.15) is 0 Å². The lowest BCUT2D eigenvalue weighted by atomic mass is 10.1. The third-order valence-corrected chi connectivity index (χ3v) is 5.94. The van der Waals surface area contributed by atoms with E-state index in [0.29, 0.717) is 40.5 Å². The van der Waals surface area contributed by atoms with Crippen LogP contribution in [0.15, 0.2) is 47.8 Å². The molecule has 0 unspecified atom stereocenters. The Bertz CT molecular complexity index is 1160. The number of hydrogen-bond acceptors (Lipinski definition) is 6. The average Bonchev–Trinajstić information content (AvgIpc) is 3.38. The number of aromatic nitrogens is 1. The maximum Gasteiger partial charge on any atom is 0.272 e. The molecule has 1 aliphatic heterocycles. The number of anilines is 1. The van der Waals surface area contributed by atoms with Crippen LogP contribution in [-0.4, -0.2) is 33.2 Å². The van der Waals surface area contributed by atoms with Crippen molar-refractivity contribution in [2.75, 3.05) is 11.9 Å². The number of carbonyl (C=O) groups is 2. The van der Waals surface area contributed by atoms with E-state index in [2.05, 4.69) is 10.3 Å². The quantitative estimate of drug-likeness (QED) is 0.455. The number of thiazole rings is 1. The molecule has 0 aliphatic carbocycles. The summed E-state index contributed by atoms with van der Waals surface area (Å²) in [5.41, 5.74) is 3.26. The highest BCUT2D eigenvalue weighted by Crippen LogP contribution is 2.29. The number of carbonyl (C=O) groups excluding carboxylic acids is 2. The van der Waals surface area contributed by atoms with Crippen molar-refractivity contribution >= 4 is 34.0 Å². The fraction of sp³-hybridized carbons (Fsp3) is 0.227. The third kappa shape index (κ3) is 4.61. The fourth-order valence-corrected chi connectivity index (χ4v) is 4.17. The van der Waals surface area contributed by atoms with E-state index in [1.165, 1.54) is 17.4 Å². The minimum atomic E-state index is -0.419. The van der Waals surface area contributed by atoms with E-state index < -0.39 is 4.92 Å². The molecule has 0 bridgehead atoms. The van der Waals surface area contributed by atoms with Crippen LogP contribution >= 0.6 is 11.3 Å². The molecular formula is C22H20N4O4S. The predicted molar refractivity (Wildman–Crippen MR) is 118 cm³/mol. The van der Waals surface area contributed by atoms with Gasteiger partial charge < -0.3 is 4.90 Å². The van der Waals surface area contributed by atoms with Gasteiger partial charge in [0, 0.05) is 47.6 Å². The zero-order valence-electron chi connectivity index (χ0n) is 16.8. The van der Waals surface area contributed by atoms with Gasteiger partial charge in [-0.05, 0) is 31.0 Å². The first-order valence-corrected chi connectivity index (χ1v) is 10.7. The molecule has 2 heterocycles. The highest BCUT2D eigenvalue weighted by atomic mass is 32.1. The summed E-state index contributed by atoms with van der Waals surface area (Å²) in [6.45, 7) is 3.01. The van der Waals surface area contributed by atoms with Gasteiger partial charge in [0.05, 0.1) is 10.6 Å². The molecule has 0 radical (unpaired) electrons. The molecule has 0 atom stereocenters. The molecule has 2 amide bonds. The summed E-state index contributed by atoms with van der Waals surface area (Å²) in [6, 6.07) is 12.1. The van der Waals surface area contributed by atoms with Crippen LogP contribution in [0, 0.1) is 17.0 Å². The minimum Gasteiger partial charge on any atom is -0.338 e. The Labute approximate surface area is 182 Å². The first-order valence-electron chi connectivity index (χ1n) is 9.80. The standard InChI is InChI=1S/C22H20N4O4S/c1-14-4-7-17(11-19(14)26(29)30)18-13-31-22(23-18)24-21(28)16-8-5-15(6-9-16)12-25-10-2-3-20(25)27/h4-9,11,13H,2-3,10,12H2,1H3,(H,23,24,28). The Morgan fingerprint density at radius 3 is 2.71 bits per heavy atom. The van der Waals surface area contributed by atoms with E-state index in [0.717, 1.165) is 18.5 Å². The van der Waals surface area contributed by atoms with Gasteiger partial charge in [-0.3, -0.25) is 25.0 Å². The van der Waals surface area contributed by atoms with Crippen molar-refractivity contribution in [2.24, 2.45) is 0 Å². The first kappa shape index (κ1) is 20.7. The van der Waals surface area contributed by atoms with E-state index in [9.17, 15) is 19.7 Å². The maximum absolute atomic E-state index is 12.6. The van der Waals surface area contributed by atoms with Crippen molar-refractivity contribution in [3.05, 3.63) is 74.6 Å². The monoisotopic (exact) mass is 436 g/mol. The third-order valence-electron chi connectivity index (χ3n) is 5.19. The lowest BCUT2D eigenvalue weighted by Crippen LogP contribution is -2.23. The van der Waals surface area contributed by atoms with Gasteiger partial charge in [-0.1, -0.05) is 24.3 Å². The molecule has 1 aliphatic rings. The highest BCUT2D eigenvalue weighted by molar-refractivity contribution is 7.14. The maximum atomic E-state index is 12.6. The van der Waals surface area contributed by atoms with Gasteiger partial charge in [0.2, 0.25) is 5.91 Å². The van der Waals surface area contributed by atoms with Gasteiger partial charge in [0.1, 0.15) is 0 Å². The zero-order chi connectivity index (χ0) is 22.0. The summed E-state index contributed by atoms with van der Waals surface area (Å²) in [5.74, 6) is -0.125. The van der Waals surface area contributed by atoms with Gasteiger partial charge >= 0.3 is 0 Å². The molecule has 1 aromatic heterocycles. The number of benzene rings is 2. The fourth-order valence-electron chi connectivity index (χ4n) is 3.45.